The highest BCUT2D eigenvalue weighted by Crippen LogP contribution is 2.46. The highest BCUT2D eigenvalue weighted by atomic mass is 35.5. The van der Waals surface area contributed by atoms with Crippen molar-refractivity contribution in [1.29, 1.82) is 0 Å². The van der Waals surface area contributed by atoms with Gasteiger partial charge in [0.1, 0.15) is 0 Å². The van der Waals surface area contributed by atoms with Crippen LogP contribution in [0.3, 0.4) is 0 Å². The van der Waals surface area contributed by atoms with Crippen LogP contribution in [0, 0.1) is 12.3 Å². The lowest BCUT2D eigenvalue weighted by Crippen LogP contribution is -2.35. The minimum atomic E-state index is -3.57. The van der Waals surface area contributed by atoms with Crippen LogP contribution in [0.25, 0.3) is 0 Å². The summed E-state index contributed by atoms with van der Waals surface area (Å²) in [4.78, 5) is 0.381. The summed E-state index contributed by atoms with van der Waals surface area (Å²) in [7, 11) is -3.57. The molecular formula is C27H39ClO3S. The molecule has 5 heteroatoms. The van der Waals surface area contributed by atoms with Gasteiger partial charge in [-0.25, -0.2) is 8.42 Å². The van der Waals surface area contributed by atoms with Gasteiger partial charge in [-0.05, 0) is 82.9 Å². The molecule has 178 valence electrons. The number of aliphatic hydroxyl groups is 1. The summed E-state index contributed by atoms with van der Waals surface area (Å²) in [5, 5.41) is 8.23. The first-order valence-electron chi connectivity index (χ1n) is 11.5. The molecule has 0 aliphatic heterocycles. The van der Waals surface area contributed by atoms with Gasteiger partial charge in [0.05, 0.1) is 22.1 Å². The van der Waals surface area contributed by atoms with Crippen molar-refractivity contribution >= 4 is 21.4 Å². The fourth-order valence-electron chi connectivity index (χ4n) is 4.89. The molecule has 0 saturated heterocycles. The molecule has 2 rings (SSSR count). The lowest BCUT2D eigenvalue weighted by atomic mass is 9.70. The molecule has 32 heavy (non-hydrogen) atoms. The molecule has 1 aliphatic rings. The SMILES string of the molecule is CC1=C(C(C/C(C)=C/C(Cl)C/C(C)=C/CO)S(=O)(=O)c2ccc(C)cc2)C(C)(C)CCC1. The van der Waals surface area contributed by atoms with E-state index in [1.807, 2.05) is 39.0 Å². The lowest BCUT2D eigenvalue weighted by molar-refractivity contribution is 0.341. The first-order chi connectivity index (χ1) is 14.9. The summed E-state index contributed by atoms with van der Waals surface area (Å²) >= 11 is 6.55. The molecule has 0 amide bonds. The van der Waals surface area contributed by atoms with E-state index >= 15 is 0 Å². The molecule has 1 aromatic rings. The second kappa shape index (κ2) is 11.2. The molecule has 0 bridgehead atoms. The van der Waals surface area contributed by atoms with Crippen molar-refractivity contribution in [1.82, 2.24) is 0 Å². The van der Waals surface area contributed by atoms with Crippen LogP contribution in [0.5, 0.6) is 0 Å². The van der Waals surface area contributed by atoms with Gasteiger partial charge < -0.3 is 5.11 Å². The van der Waals surface area contributed by atoms with Gasteiger partial charge in [-0.15, -0.1) is 11.6 Å². The Morgan fingerprint density at radius 1 is 1.12 bits per heavy atom. The van der Waals surface area contributed by atoms with Crippen LogP contribution in [0.15, 0.2) is 63.6 Å². The fraction of sp³-hybridized carbons (Fsp3) is 0.556. The number of rotatable bonds is 9. The van der Waals surface area contributed by atoms with Crippen molar-refractivity contribution in [2.45, 2.75) is 89.2 Å². The van der Waals surface area contributed by atoms with E-state index in [-0.39, 0.29) is 17.4 Å². The normalized spacial score (nSPS) is 19.8. The van der Waals surface area contributed by atoms with Gasteiger partial charge in [0, 0.05) is 0 Å². The maximum atomic E-state index is 13.9. The largest absolute Gasteiger partial charge is 0.392 e. The van der Waals surface area contributed by atoms with Crippen LogP contribution in [-0.2, 0) is 9.84 Å². The average molecular weight is 479 g/mol. The Kier molecular flexibility index (Phi) is 9.39. The monoisotopic (exact) mass is 478 g/mol. The third-order valence-electron chi connectivity index (χ3n) is 6.52. The zero-order valence-electron chi connectivity index (χ0n) is 20.4. The van der Waals surface area contributed by atoms with Crippen molar-refractivity contribution in [2.75, 3.05) is 6.61 Å². The number of benzene rings is 1. The maximum Gasteiger partial charge on any atom is 0.185 e. The molecule has 3 nitrogen and oxygen atoms in total. The van der Waals surface area contributed by atoms with Gasteiger partial charge in [0.25, 0.3) is 0 Å². The summed E-state index contributed by atoms with van der Waals surface area (Å²) in [5.41, 5.74) is 5.16. The molecule has 1 aliphatic carbocycles. The molecule has 1 aromatic carbocycles. The smallest absolute Gasteiger partial charge is 0.185 e. The Hall–Kier alpha value is -1.36. The number of aryl methyl sites for hydroxylation is 1. The predicted octanol–water partition coefficient (Wildman–Crippen LogP) is 6.94. The van der Waals surface area contributed by atoms with Gasteiger partial charge in [0.2, 0.25) is 0 Å². The van der Waals surface area contributed by atoms with Crippen LogP contribution in [0.4, 0.5) is 0 Å². The van der Waals surface area contributed by atoms with Gasteiger partial charge >= 0.3 is 0 Å². The Morgan fingerprint density at radius 2 is 1.75 bits per heavy atom. The Morgan fingerprint density at radius 3 is 2.31 bits per heavy atom. The lowest BCUT2D eigenvalue weighted by Gasteiger charge is -2.39. The second-order valence-corrected chi connectivity index (χ2v) is 12.6. The van der Waals surface area contributed by atoms with Crippen molar-refractivity contribution < 1.29 is 13.5 Å². The van der Waals surface area contributed by atoms with E-state index in [0.29, 0.717) is 17.7 Å². The highest BCUT2D eigenvalue weighted by molar-refractivity contribution is 7.92. The number of hydrogen-bond acceptors (Lipinski definition) is 3. The van der Waals surface area contributed by atoms with Gasteiger partial charge in [-0.3, -0.25) is 0 Å². The number of halogens is 1. The van der Waals surface area contributed by atoms with E-state index in [1.165, 1.54) is 5.57 Å². The molecule has 0 fully saturated rings. The zero-order chi connectivity index (χ0) is 24.1. The topological polar surface area (TPSA) is 54.4 Å². The van der Waals surface area contributed by atoms with Crippen molar-refractivity contribution in [3.05, 3.63) is 64.3 Å². The summed E-state index contributed by atoms with van der Waals surface area (Å²) in [6, 6.07) is 7.20. The third kappa shape index (κ3) is 6.82. The number of alkyl halides is 1. The number of hydrogen-bond donors (Lipinski definition) is 1. The Labute approximate surface area is 200 Å². The molecule has 1 N–H and O–H groups in total. The maximum absolute atomic E-state index is 13.9. The van der Waals surface area contributed by atoms with Crippen LogP contribution in [0.1, 0.15) is 72.3 Å². The number of aliphatic hydroxyl groups excluding tert-OH is 1. The molecule has 0 saturated carbocycles. The summed E-state index contributed by atoms with van der Waals surface area (Å²) in [5.74, 6) is 0. The van der Waals surface area contributed by atoms with Crippen molar-refractivity contribution in [3.63, 3.8) is 0 Å². The highest BCUT2D eigenvalue weighted by Gasteiger charge is 2.40. The van der Waals surface area contributed by atoms with E-state index in [0.717, 1.165) is 41.5 Å². The summed E-state index contributed by atoms with van der Waals surface area (Å²) < 4.78 is 27.9. The average Bonchev–Trinajstić information content (AvgIpc) is 2.66. The van der Waals surface area contributed by atoms with E-state index in [2.05, 4.69) is 20.8 Å². The van der Waals surface area contributed by atoms with Crippen molar-refractivity contribution in [3.8, 4) is 0 Å². The number of sulfone groups is 1. The quantitative estimate of drug-likeness (QED) is 0.309. The first-order valence-corrected chi connectivity index (χ1v) is 13.5. The van der Waals surface area contributed by atoms with E-state index in [9.17, 15) is 8.42 Å². The van der Waals surface area contributed by atoms with Crippen LogP contribution in [0.2, 0.25) is 0 Å². The minimum absolute atomic E-state index is 0.00246. The van der Waals surface area contributed by atoms with Crippen molar-refractivity contribution in [2.24, 2.45) is 5.41 Å². The van der Waals surface area contributed by atoms with Gasteiger partial charge in [-0.2, -0.15) is 0 Å². The molecule has 0 heterocycles. The second-order valence-electron chi connectivity index (χ2n) is 9.95. The predicted molar refractivity (Wildman–Crippen MR) is 136 cm³/mol. The Bertz CT molecular complexity index is 982. The van der Waals surface area contributed by atoms with Crippen LogP contribution in [-0.4, -0.2) is 30.8 Å². The van der Waals surface area contributed by atoms with Gasteiger partial charge in [-0.1, -0.05) is 60.4 Å². The van der Waals surface area contributed by atoms with E-state index in [1.54, 1.807) is 18.2 Å². The first kappa shape index (κ1) is 26.9. The van der Waals surface area contributed by atoms with Crippen LogP contribution < -0.4 is 0 Å². The molecule has 0 spiro atoms. The molecule has 0 radical (unpaired) electrons. The van der Waals surface area contributed by atoms with E-state index in [4.69, 9.17) is 16.7 Å². The fourth-order valence-corrected chi connectivity index (χ4v) is 7.50. The molecular weight excluding hydrogens is 440 g/mol. The molecule has 0 aromatic heterocycles. The minimum Gasteiger partial charge on any atom is -0.392 e. The third-order valence-corrected chi connectivity index (χ3v) is 8.88. The standard InChI is InChI=1S/C27H39ClO3S/c1-19-9-11-24(12-10-19)32(30,31)25(26-22(4)8-7-14-27(26,5)6)18-21(3)17-23(28)16-20(2)13-15-29/h9-13,17,23,25,29H,7-8,14-16,18H2,1-6H3/b20-13+,21-17+. The summed E-state index contributed by atoms with van der Waals surface area (Å²) in [6.07, 6.45) is 7.81. The van der Waals surface area contributed by atoms with E-state index < -0.39 is 15.1 Å². The molecule has 2 unspecified atom stereocenters. The van der Waals surface area contributed by atoms with Gasteiger partial charge in [0.15, 0.2) is 9.84 Å². The summed E-state index contributed by atoms with van der Waals surface area (Å²) in [6.45, 7) is 12.3. The number of allylic oxidation sites excluding steroid dienone is 4. The molecule has 2 atom stereocenters. The van der Waals surface area contributed by atoms with Crippen LogP contribution >= 0.6 is 11.6 Å². The zero-order valence-corrected chi connectivity index (χ0v) is 22.0. The Balaban J connectivity index is 2.49.